The Morgan fingerprint density at radius 2 is 2.09 bits per heavy atom. The van der Waals surface area contributed by atoms with Crippen LogP contribution in [0.25, 0.3) is 0 Å². The zero-order valence-corrected chi connectivity index (χ0v) is 12.9. The molecule has 0 saturated carbocycles. The van der Waals surface area contributed by atoms with Gasteiger partial charge in [0.1, 0.15) is 5.75 Å². The summed E-state index contributed by atoms with van der Waals surface area (Å²) in [5.74, 6) is -0.102. The number of benzene rings is 1. The average Bonchev–Trinajstić information content (AvgIpc) is 2.51. The molecular formula is C16H22F2N2O3. The number of rotatable bonds is 7. The lowest BCUT2D eigenvalue weighted by molar-refractivity contribution is -0.118. The van der Waals surface area contributed by atoms with Crippen molar-refractivity contribution in [2.75, 3.05) is 25.0 Å². The van der Waals surface area contributed by atoms with Crippen molar-refractivity contribution in [1.29, 1.82) is 0 Å². The molecule has 0 aliphatic carbocycles. The Morgan fingerprint density at radius 3 is 2.74 bits per heavy atom. The molecule has 5 nitrogen and oxygen atoms in total. The number of nitrogens with zero attached hydrogens (tertiary/aromatic N) is 1. The van der Waals surface area contributed by atoms with E-state index < -0.39 is 6.61 Å². The molecule has 1 heterocycles. The third-order valence-corrected chi connectivity index (χ3v) is 3.92. The molecule has 1 atom stereocenters. The summed E-state index contributed by atoms with van der Waals surface area (Å²) in [7, 11) is 0. The molecule has 1 amide bonds. The Balaban J connectivity index is 1.86. The number of aliphatic hydroxyl groups excluding tert-OH is 1. The zero-order chi connectivity index (χ0) is 16.7. The fraction of sp³-hybridized carbons (Fsp3) is 0.562. The molecule has 1 saturated heterocycles. The first-order valence-corrected chi connectivity index (χ1v) is 7.78. The molecule has 23 heavy (non-hydrogen) atoms. The van der Waals surface area contributed by atoms with Crippen molar-refractivity contribution >= 4 is 11.6 Å². The van der Waals surface area contributed by atoms with E-state index in [4.69, 9.17) is 5.11 Å². The average molecular weight is 328 g/mol. The van der Waals surface area contributed by atoms with Gasteiger partial charge in [0.15, 0.2) is 0 Å². The van der Waals surface area contributed by atoms with E-state index in [1.165, 1.54) is 24.3 Å². The van der Waals surface area contributed by atoms with E-state index in [1.807, 2.05) is 0 Å². The van der Waals surface area contributed by atoms with Crippen LogP contribution in [0, 0.1) is 0 Å². The predicted octanol–water partition coefficient (Wildman–Crippen LogP) is 2.46. The largest absolute Gasteiger partial charge is 0.435 e. The van der Waals surface area contributed by atoms with Crippen molar-refractivity contribution in [3.05, 3.63) is 24.3 Å². The number of alkyl halides is 2. The van der Waals surface area contributed by atoms with Gasteiger partial charge < -0.3 is 15.2 Å². The highest BCUT2D eigenvalue weighted by atomic mass is 19.3. The molecule has 0 bridgehead atoms. The van der Waals surface area contributed by atoms with Crippen molar-refractivity contribution in [2.24, 2.45) is 0 Å². The summed E-state index contributed by atoms with van der Waals surface area (Å²) in [4.78, 5) is 14.2. The quantitative estimate of drug-likeness (QED) is 0.807. The highest BCUT2D eigenvalue weighted by Gasteiger charge is 2.23. The summed E-state index contributed by atoms with van der Waals surface area (Å²) >= 11 is 0. The number of amides is 1. The van der Waals surface area contributed by atoms with E-state index in [1.54, 1.807) is 0 Å². The van der Waals surface area contributed by atoms with Gasteiger partial charge in [0, 0.05) is 18.3 Å². The van der Waals surface area contributed by atoms with E-state index in [0.717, 1.165) is 25.8 Å². The number of piperidine rings is 1. The smallest absolute Gasteiger partial charge is 0.387 e. The number of hydrogen-bond acceptors (Lipinski definition) is 4. The normalized spacial score (nSPS) is 18.9. The van der Waals surface area contributed by atoms with Gasteiger partial charge in [0.05, 0.1) is 6.54 Å². The van der Waals surface area contributed by atoms with Crippen LogP contribution in [0.3, 0.4) is 0 Å². The maximum Gasteiger partial charge on any atom is 0.387 e. The lowest BCUT2D eigenvalue weighted by Gasteiger charge is -2.34. The van der Waals surface area contributed by atoms with Crippen molar-refractivity contribution in [3.63, 3.8) is 0 Å². The Morgan fingerprint density at radius 1 is 1.35 bits per heavy atom. The molecular weight excluding hydrogens is 306 g/mol. The van der Waals surface area contributed by atoms with E-state index >= 15 is 0 Å². The number of carbonyl (C=O) groups is 1. The summed E-state index contributed by atoms with van der Waals surface area (Å²) in [5, 5.41) is 11.8. The summed E-state index contributed by atoms with van der Waals surface area (Å²) in [6.07, 6.45) is 3.84. The van der Waals surface area contributed by atoms with Crippen LogP contribution >= 0.6 is 0 Å². The highest BCUT2D eigenvalue weighted by molar-refractivity contribution is 5.92. The predicted molar refractivity (Wildman–Crippen MR) is 82.6 cm³/mol. The van der Waals surface area contributed by atoms with Crippen molar-refractivity contribution in [3.8, 4) is 5.75 Å². The molecule has 1 aromatic rings. The van der Waals surface area contributed by atoms with Crippen LogP contribution in [0.2, 0.25) is 0 Å². The van der Waals surface area contributed by atoms with E-state index in [2.05, 4.69) is 15.0 Å². The summed E-state index contributed by atoms with van der Waals surface area (Å²) in [6.45, 7) is -1.63. The summed E-state index contributed by atoms with van der Waals surface area (Å²) < 4.78 is 28.4. The molecule has 1 fully saturated rings. The second-order valence-electron chi connectivity index (χ2n) is 5.58. The van der Waals surface area contributed by atoms with Crippen molar-refractivity contribution in [2.45, 2.75) is 38.3 Å². The molecule has 2 N–H and O–H groups in total. The Kier molecular flexibility index (Phi) is 6.73. The molecule has 7 heteroatoms. The maximum atomic E-state index is 12.1. The first kappa shape index (κ1) is 17.6. The van der Waals surface area contributed by atoms with Crippen LogP contribution in [0.1, 0.15) is 25.7 Å². The van der Waals surface area contributed by atoms with Gasteiger partial charge in [-0.05, 0) is 50.1 Å². The Bertz CT molecular complexity index is 495. The molecule has 2 rings (SSSR count). The van der Waals surface area contributed by atoms with Crippen LogP contribution in [0.15, 0.2) is 24.3 Å². The standard InChI is InChI=1S/C16H22F2N2O3/c17-16(18)23-14-6-4-12(5-7-14)19-15(22)11-20-9-2-1-3-13(20)8-10-21/h4-7,13,16,21H,1-3,8-11H2,(H,19,22). The monoisotopic (exact) mass is 328 g/mol. The first-order valence-electron chi connectivity index (χ1n) is 7.78. The number of nitrogens with one attached hydrogen (secondary N) is 1. The Labute approximate surface area is 134 Å². The number of hydrogen-bond donors (Lipinski definition) is 2. The molecule has 0 aromatic heterocycles. The van der Waals surface area contributed by atoms with Gasteiger partial charge in [-0.25, -0.2) is 0 Å². The molecule has 1 aliphatic rings. The SMILES string of the molecule is O=C(CN1CCCCC1CCO)Nc1ccc(OC(F)F)cc1. The van der Waals surface area contributed by atoms with Gasteiger partial charge in [-0.15, -0.1) is 0 Å². The summed E-state index contributed by atoms with van der Waals surface area (Å²) in [6, 6.07) is 6.06. The second kappa shape index (κ2) is 8.79. The first-order chi connectivity index (χ1) is 11.1. The molecule has 1 aliphatic heterocycles. The Hall–Kier alpha value is -1.73. The van der Waals surface area contributed by atoms with E-state index in [0.29, 0.717) is 12.1 Å². The number of ether oxygens (including phenoxy) is 1. The number of carbonyl (C=O) groups excluding carboxylic acids is 1. The lowest BCUT2D eigenvalue weighted by Crippen LogP contribution is -2.44. The van der Waals surface area contributed by atoms with Gasteiger partial charge >= 0.3 is 6.61 Å². The number of halogens is 2. The fourth-order valence-corrected chi connectivity index (χ4v) is 2.85. The number of likely N-dealkylation sites (tertiary alicyclic amines) is 1. The van der Waals surface area contributed by atoms with Crippen molar-refractivity contribution < 1.29 is 23.4 Å². The maximum absolute atomic E-state index is 12.1. The second-order valence-corrected chi connectivity index (χ2v) is 5.58. The van der Waals surface area contributed by atoms with Gasteiger partial charge in [-0.3, -0.25) is 9.69 Å². The van der Waals surface area contributed by atoms with Gasteiger partial charge in [-0.2, -0.15) is 8.78 Å². The third kappa shape index (κ3) is 5.76. The van der Waals surface area contributed by atoms with Crippen LogP contribution in [-0.4, -0.2) is 48.3 Å². The third-order valence-electron chi connectivity index (χ3n) is 3.92. The minimum atomic E-state index is -2.86. The van der Waals surface area contributed by atoms with E-state index in [-0.39, 0.29) is 30.9 Å². The molecule has 0 radical (unpaired) electrons. The van der Waals surface area contributed by atoms with Gasteiger partial charge in [0.25, 0.3) is 0 Å². The molecule has 1 aromatic carbocycles. The minimum Gasteiger partial charge on any atom is -0.435 e. The van der Waals surface area contributed by atoms with Crippen LogP contribution in [-0.2, 0) is 4.79 Å². The zero-order valence-electron chi connectivity index (χ0n) is 12.9. The minimum absolute atomic E-state index is 0.0528. The van der Waals surface area contributed by atoms with Crippen LogP contribution in [0.5, 0.6) is 5.75 Å². The molecule has 0 spiro atoms. The fourth-order valence-electron chi connectivity index (χ4n) is 2.85. The van der Waals surface area contributed by atoms with Crippen molar-refractivity contribution in [1.82, 2.24) is 4.90 Å². The molecule has 128 valence electrons. The number of anilines is 1. The number of aliphatic hydroxyl groups is 1. The molecule has 1 unspecified atom stereocenters. The van der Waals surface area contributed by atoms with Gasteiger partial charge in [0.2, 0.25) is 5.91 Å². The lowest BCUT2D eigenvalue weighted by atomic mass is 10.00. The van der Waals surface area contributed by atoms with Crippen LogP contribution < -0.4 is 10.1 Å². The highest BCUT2D eigenvalue weighted by Crippen LogP contribution is 2.20. The van der Waals surface area contributed by atoms with Gasteiger partial charge in [-0.1, -0.05) is 6.42 Å². The van der Waals surface area contributed by atoms with E-state index in [9.17, 15) is 13.6 Å². The topological polar surface area (TPSA) is 61.8 Å². The summed E-state index contributed by atoms with van der Waals surface area (Å²) in [5.41, 5.74) is 0.535. The van der Waals surface area contributed by atoms with Crippen LogP contribution in [0.4, 0.5) is 14.5 Å².